The van der Waals surface area contributed by atoms with E-state index < -0.39 is 0 Å². The number of fused-ring (bicyclic) bond motifs is 1. The lowest BCUT2D eigenvalue weighted by atomic mass is 9.93. The van der Waals surface area contributed by atoms with Gasteiger partial charge in [0.15, 0.2) is 0 Å². The largest absolute Gasteiger partial charge is 0.379 e. The third-order valence-electron chi connectivity index (χ3n) is 5.55. The predicted molar refractivity (Wildman–Crippen MR) is 102 cm³/mol. The first-order valence-electron chi connectivity index (χ1n) is 9.68. The zero-order valence-electron chi connectivity index (χ0n) is 15.4. The zero-order chi connectivity index (χ0) is 18.6. The normalized spacial score (nSPS) is 22.5. The van der Waals surface area contributed by atoms with Crippen LogP contribution in [-0.2, 0) is 20.7 Å². The maximum atomic E-state index is 12.4. The lowest BCUT2D eigenvalue weighted by Crippen LogP contribution is -2.42. The molecule has 2 aromatic rings. The molecule has 0 radical (unpaired) electrons. The Bertz CT molecular complexity index is 833. The van der Waals surface area contributed by atoms with Gasteiger partial charge in [-0.05, 0) is 30.5 Å². The molecule has 2 aliphatic rings. The lowest BCUT2D eigenvalue weighted by molar-refractivity contribution is -0.128. The summed E-state index contributed by atoms with van der Waals surface area (Å²) in [5, 5.41) is 4.28. The van der Waals surface area contributed by atoms with E-state index in [9.17, 15) is 9.59 Å². The molecule has 3 heterocycles. The fraction of sp³-hybridized carbons (Fsp3) is 0.476. The van der Waals surface area contributed by atoms with Crippen molar-refractivity contribution in [1.82, 2.24) is 15.2 Å². The van der Waals surface area contributed by atoms with Crippen LogP contribution in [0.15, 0.2) is 36.5 Å². The van der Waals surface area contributed by atoms with Crippen molar-refractivity contribution in [3.05, 3.63) is 42.1 Å². The smallest absolute Gasteiger partial charge is 0.222 e. The Kier molecular flexibility index (Phi) is 5.34. The number of para-hydroxylation sites is 1. The summed E-state index contributed by atoms with van der Waals surface area (Å²) in [6, 6.07) is 10.2. The molecule has 2 saturated heterocycles. The zero-order valence-corrected chi connectivity index (χ0v) is 15.4. The van der Waals surface area contributed by atoms with Crippen molar-refractivity contribution >= 4 is 22.7 Å². The molecule has 1 aromatic heterocycles. The molecular weight excluding hydrogens is 342 g/mol. The molecule has 1 aromatic carbocycles. The number of rotatable bonds is 6. The minimum atomic E-state index is -0.00483. The number of hydrogen-bond donors (Lipinski definition) is 1. The molecule has 6 heteroatoms. The van der Waals surface area contributed by atoms with Crippen LogP contribution in [0.4, 0.5) is 0 Å². The summed E-state index contributed by atoms with van der Waals surface area (Å²) in [6.07, 6.45) is 4.55. The molecule has 0 saturated carbocycles. The summed E-state index contributed by atoms with van der Waals surface area (Å²) in [5.74, 6) is 0.400. The van der Waals surface area contributed by atoms with Gasteiger partial charge in [-0.1, -0.05) is 18.2 Å². The summed E-state index contributed by atoms with van der Waals surface area (Å²) in [4.78, 5) is 30.2. The number of pyridine rings is 1. The van der Waals surface area contributed by atoms with Crippen LogP contribution in [0.25, 0.3) is 10.9 Å². The van der Waals surface area contributed by atoms with Crippen molar-refractivity contribution in [1.29, 1.82) is 0 Å². The fourth-order valence-electron chi connectivity index (χ4n) is 4.03. The summed E-state index contributed by atoms with van der Waals surface area (Å²) in [7, 11) is 0. The Morgan fingerprint density at radius 3 is 3.00 bits per heavy atom. The maximum Gasteiger partial charge on any atom is 0.222 e. The van der Waals surface area contributed by atoms with E-state index in [-0.39, 0.29) is 23.8 Å². The second-order valence-electron chi connectivity index (χ2n) is 7.40. The quantitative estimate of drug-likeness (QED) is 0.847. The highest BCUT2D eigenvalue weighted by Gasteiger charge is 2.30. The lowest BCUT2D eigenvalue weighted by Gasteiger charge is -2.21. The molecule has 4 rings (SSSR count). The number of nitrogens with one attached hydrogen (secondary N) is 1. The van der Waals surface area contributed by atoms with Gasteiger partial charge in [0.25, 0.3) is 0 Å². The highest BCUT2D eigenvalue weighted by atomic mass is 16.5. The molecule has 2 amide bonds. The first-order valence-corrected chi connectivity index (χ1v) is 9.68. The van der Waals surface area contributed by atoms with Crippen molar-refractivity contribution in [2.45, 2.75) is 31.7 Å². The van der Waals surface area contributed by atoms with E-state index in [4.69, 9.17) is 4.74 Å². The third kappa shape index (κ3) is 4.11. The number of ether oxygens (including phenoxy) is 1. The van der Waals surface area contributed by atoms with Gasteiger partial charge < -0.3 is 15.0 Å². The summed E-state index contributed by atoms with van der Waals surface area (Å²) in [5.41, 5.74) is 2.22. The van der Waals surface area contributed by atoms with Crippen molar-refractivity contribution in [2.24, 2.45) is 5.92 Å². The fourth-order valence-corrected chi connectivity index (χ4v) is 4.03. The van der Waals surface area contributed by atoms with Gasteiger partial charge >= 0.3 is 0 Å². The van der Waals surface area contributed by atoms with Gasteiger partial charge in [0.1, 0.15) is 0 Å². The van der Waals surface area contributed by atoms with E-state index in [1.165, 1.54) is 5.56 Å². The van der Waals surface area contributed by atoms with Crippen LogP contribution in [-0.4, -0.2) is 54.0 Å². The highest BCUT2D eigenvalue weighted by Crippen LogP contribution is 2.24. The SMILES string of the molecule is O=C(CCN1CCCC1=O)N[C@@H]1COC[C@H]1Cc1ccnc2ccccc12. The molecule has 0 unspecified atom stereocenters. The topological polar surface area (TPSA) is 71.5 Å². The molecular formula is C21H25N3O3. The first kappa shape index (κ1) is 17.9. The van der Waals surface area contributed by atoms with Gasteiger partial charge in [0, 0.05) is 43.4 Å². The number of benzene rings is 1. The second-order valence-corrected chi connectivity index (χ2v) is 7.40. The first-order chi connectivity index (χ1) is 13.2. The Balaban J connectivity index is 1.36. The van der Waals surface area contributed by atoms with Crippen molar-refractivity contribution in [3.8, 4) is 0 Å². The molecule has 0 aliphatic carbocycles. The number of carbonyl (C=O) groups excluding carboxylic acids is 2. The highest BCUT2D eigenvalue weighted by molar-refractivity contribution is 5.82. The summed E-state index contributed by atoms with van der Waals surface area (Å²) < 4.78 is 5.65. The van der Waals surface area contributed by atoms with Gasteiger partial charge in [-0.15, -0.1) is 0 Å². The van der Waals surface area contributed by atoms with Crippen molar-refractivity contribution in [3.63, 3.8) is 0 Å². The molecule has 27 heavy (non-hydrogen) atoms. The molecule has 142 valence electrons. The van der Waals surface area contributed by atoms with Gasteiger partial charge in [0.05, 0.1) is 24.8 Å². The van der Waals surface area contributed by atoms with Gasteiger partial charge in [0.2, 0.25) is 11.8 Å². The molecule has 2 atom stereocenters. The monoisotopic (exact) mass is 367 g/mol. The van der Waals surface area contributed by atoms with Crippen LogP contribution in [0.3, 0.4) is 0 Å². The van der Waals surface area contributed by atoms with E-state index in [0.29, 0.717) is 32.6 Å². The van der Waals surface area contributed by atoms with Gasteiger partial charge in [-0.25, -0.2) is 0 Å². The Morgan fingerprint density at radius 1 is 1.26 bits per heavy atom. The number of nitrogens with zero attached hydrogens (tertiary/aromatic N) is 2. The average molecular weight is 367 g/mol. The molecule has 6 nitrogen and oxygen atoms in total. The second kappa shape index (κ2) is 8.05. The van der Waals surface area contributed by atoms with Gasteiger partial charge in [-0.2, -0.15) is 0 Å². The van der Waals surface area contributed by atoms with Crippen LogP contribution >= 0.6 is 0 Å². The average Bonchev–Trinajstić information content (AvgIpc) is 3.29. The standard InChI is InChI=1S/C21H25N3O3/c25-20(8-11-24-10-3-6-21(24)26)23-19-14-27-13-16(19)12-15-7-9-22-18-5-2-1-4-17(15)18/h1-2,4-5,7,9,16,19H,3,6,8,10-14H2,(H,23,25)/t16-,19-/m1/s1. The van der Waals surface area contributed by atoms with E-state index in [1.54, 1.807) is 4.90 Å². The molecule has 0 spiro atoms. The van der Waals surface area contributed by atoms with E-state index >= 15 is 0 Å². The molecule has 2 aliphatic heterocycles. The van der Waals surface area contributed by atoms with E-state index in [1.807, 2.05) is 24.4 Å². The van der Waals surface area contributed by atoms with E-state index in [0.717, 1.165) is 30.3 Å². The number of carbonyl (C=O) groups is 2. The molecule has 0 bridgehead atoms. The van der Waals surface area contributed by atoms with Gasteiger partial charge in [-0.3, -0.25) is 14.6 Å². The number of likely N-dealkylation sites (tertiary alicyclic amines) is 1. The van der Waals surface area contributed by atoms with Crippen LogP contribution in [0.1, 0.15) is 24.8 Å². The minimum absolute atomic E-state index is 0.00483. The summed E-state index contributed by atoms with van der Waals surface area (Å²) >= 11 is 0. The number of aromatic nitrogens is 1. The molecule has 1 N–H and O–H groups in total. The Morgan fingerprint density at radius 2 is 2.15 bits per heavy atom. The third-order valence-corrected chi connectivity index (χ3v) is 5.55. The van der Waals surface area contributed by atoms with Crippen molar-refractivity contribution < 1.29 is 14.3 Å². The minimum Gasteiger partial charge on any atom is -0.379 e. The molecule has 2 fully saturated rings. The van der Waals surface area contributed by atoms with Crippen LogP contribution in [0, 0.1) is 5.92 Å². The predicted octanol–water partition coefficient (Wildman–Crippen LogP) is 1.92. The summed E-state index contributed by atoms with van der Waals surface area (Å²) in [6.45, 7) is 2.47. The van der Waals surface area contributed by atoms with E-state index in [2.05, 4.69) is 22.4 Å². The van der Waals surface area contributed by atoms with Crippen molar-refractivity contribution in [2.75, 3.05) is 26.3 Å². The van der Waals surface area contributed by atoms with Crippen LogP contribution in [0.2, 0.25) is 0 Å². The number of amides is 2. The van der Waals surface area contributed by atoms with Crippen LogP contribution in [0.5, 0.6) is 0 Å². The van der Waals surface area contributed by atoms with Crippen LogP contribution < -0.4 is 5.32 Å². The Labute approximate surface area is 158 Å². The number of hydrogen-bond acceptors (Lipinski definition) is 4. The maximum absolute atomic E-state index is 12.4. The Hall–Kier alpha value is -2.47.